The van der Waals surface area contributed by atoms with Crippen LogP contribution in [0.25, 0.3) is 0 Å². The second-order valence-corrected chi connectivity index (χ2v) is 8.96. The molecule has 2 saturated heterocycles. The van der Waals surface area contributed by atoms with Crippen molar-refractivity contribution in [1.29, 1.82) is 0 Å². The van der Waals surface area contributed by atoms with Gasteiger partial charge in [-0.25, -0.2) is 4.98 Å². The zero-order valence-electron chi connectivity index (χ0n) is 18.1. The van der Waals surface area contributed by atoms with Crippen molar-refractivity contribution >= 4 is 46.4 Å². The molecule has 30 heavy (non-hydrogen) atoms. The number of guanidine groups is 1. The maximum Gasteiger partial charge on any atom is 0.193 e. The number of aryl methyl sites for hydroxylation is 1. The fraction of sp³-hybridized carbons (Fsp3) is 0.667. The van der Waals surface area contributed by atoms with Gasteiger partial charge in [0.25, 0.3) is 0 Å². The number of likely N-dealkylation sites (tertiary alicyclic amines) is 1. The van der Waals surface area contributed by atoms with Gasteiger partial charge in [0.15, 0.2) is 11.1 Å². The molecule has 2 aliphatic rings. The number of nitrogens with one attached hydrogen (secondary N) is 1. The third-order valence-electron chi connectivity index (χ3n) is 5.75. The Morgan fingerprint density at radius 2 is 2.13 bits per heavy atom. The van der Waals surface area contributed by atoms with E-state index in [2.05, 4.69) is 38.7 Å². The summed E-state index contributed by atoms with van der Waals surface area (Å²) in [6.07, 6.45) is 9.93. The van der Waals surface area contributed by atoms with Crippen LogP contribution in [0.4, 0.5) is 5.13 Å². The molecule has 4 heterocycles. The van der Waals surface area contributed by atoms with E-state index in [1.54, 1.807) is 11.3 Å². The van der Waals surface area contributed by atoms with E-state index in [0.29, 0.717) is 5.92 Å². The summed E-state index contributed by atoms with van der Waals surface area (Å²) >= 11 is 1.78. The zero-order valence-corrected chi connectivity index (χ0v) is 21.2. The molecule has 0 aliphatic carbocycles. The molecule has 1 N–H and O–H groups in total. The van der Waals surface area contributed by atoms with E-state index in [0.717, 1.165) is 58.1 Å². The van der Waals surface area contributed by atoms with Crippen molar-refractivity contribution in [1.82, 2.24) is 25.0 Å². The first-order valence-corrected chi connectivity index (χ1v) is 11.8. The van der Waals surface area contributed by atoms with Crippen LogP contribution in [-0.2, 0) is 19.9 Å². The predicted molar refractivity (Wildman–Crippen MR) is 135 cm³/mol. The molecule has 2 aromatic heterocycles. The van der Waals surface area contributed by atoms with Crippen LogP contribution in [-0.4, -0.2) is 64.9 Å². The minimum Gasteiger partial charge on any atom is -0.357 e. The molecule has 166 valence electrons. The van der Waals surface area contributed by atoms with Gasteiger partial charge >= 0.3 is 0 Å². The Balaban J connectivity index is 0.00000256. The molecule has 1 atom stereocenters. The normalized spacial score (nSPS) is 19.4. The van der Waals surface area contributed by atoms with Gasteiger partial charge in [-0.2, -0.15) is 5.10 Å². The lowest BCUT2D eigenvalue weighted by atomic mass is 10.0. The lowest BCUT2D eigenvalue weighted by Crippen LogP contribution is -2.40. The molecular formula is C21H34IN7S. The van der Waals surface area contributed by atoms with E-state index in [-0.39, 0.29) is 24.0 Å². The average molecular weight is 544 g/mol. The molecular weight excluding hydrogens is 509 g/mol. The number of nitrogens with zero attached hydrogens (tertiary/aromatic N) is 6. The molecule has 0 aromatic carbocycles. The Morgan fingerprint density at radius 3 is 2.87 bits per heavy atom. The molecule has 2 aromatic rings. The lowest BCUT2D eigenvalue weighted by molar-refractivity contribution is 0.460. The Labute approximate surface area is 201 Å². The van der Waals surface area contributed by atoms with Gasteiger partial charge in [0, 0.05) is 64.3 Å². The van der Waals surface area contributed by atoms with Crippen molar-refractivity contribution in [3.05, 3.63) is 29.0 Å². The van der Waals surface area contributed by atoms with Gasteiger partial charge in [-0.1, -0.05) is 0 Å². The molecule has 7 nitrogen and oxygen atoms in total. The minimum atomic E-state index is 0. The second-order valence-electron chi connectivity index (χ2n) is 8.13. The van der Waals surface area contributed by atoms with E-state index in [4.69, 9.17) is 9.98 Å². The van der Waals surface area contributed by atoms with Crippen LogP contribution in [0.15, 0.2) is 22.8 Å². The molecule has 0 amide bonds. The van der Waals surface area contributed by atoms with Crippen molar-refractivity contribution in [3.8, 4) is 0 Å². The van der Waals surface area contributed by atoms with Crippen molar-refractivity contribution < 1.29 is 0 Å². The minimum absolute atomic E-state index is 0. The summed E-state index contributed by atoms with van der Waals surface area (Å²) in [7, 11) is 1.98. The standard InChI is InChI=1S/C21H33N7S.HI/c1-3-22-20(28-11-7-17(15-28)12-18-13-24-26(2)14-18)23-8-6-19-16-29-21(25-19)27-9-4-5-10-27;/h13-14,16-17H,3-12,15H2,1-2H3,(H,22,23);1H. The summed E-state index contributed by atoms with van der Waals surface area (Å²) in [4.78, 5) is 14.6. The van der Waals surface area contributed by atoms with E-state index >= 15 is 0 Å². The van der Waals surface area contributed by atoms with Crippen LogP contribution < -0.4 is 10.2 Å². The molecule has 1 unspecified atom stereocenters. The first kappa shape index (κ1) is 23.3. The van der Waals surface area contributed by atoms with Crippen molar-refractivity contribution in [2.75, 3.05) is 44.2 Å². The Morgan fingerprint density at radius 1 is 1.30 bits per heavy atom. The first-order chi connectivity index (χ1) is 14.2. The highest BCUT2D eigenvalue weighted by Crippen LogP contribution is 2.24. The topological polar surface area (TPSA) is 61.6 Å². The molecule has 0 bridgehead atoms. The summed E-state index contributed by atoms with van der Waals surface area (Å²) in [5, 5.41) is 11.2. The smallest absolute Gasteiger partial charge is 0.193 e. The van der Waals surface area contributed by atoms with E-state index in [1.165, 1.54) is 35.7 Å². The molecule has 0 saturated carbocycles. The number of aromatic nitrogens is 3. The zero-order chi connectivity index (χ0) is 20.1. The number of thiazole rings is 1. The maximum absolute atomic E-state index is 4.91. The fourth-order valence-corrected chi connectivity index (χ4v) is 5.18. The number of aliphatic imine (C=N–C) groups is 1. The number of halogens is 1. The van der Waals surface area contributed by atoms with Gasteiger partial charge in [0.05, 0.1) is 11.9 Å². The highest BCUT2D eigenvalue weighted by atomic mass is 127. The van der Waals surface area contributed by atoms with Gasteiger partial charge in [0.1, 0.15) is 0 Å². The van der Waals surface area contributed by atoms with E-state index in [1.807, 2.05) is 17.9 Å². The summed E-state index contributed by atoms with van der Waals surface area (Å²) in [6, 6.07) is 0. The second kappa shape index (κ2) is 11.3. The number of hydrogen-bond donors (Lipinski definition) is 1. The number of hydrogen-bond acceptors (Lipinski definition) is 5. The predicted octanol–water partition coefficient (Wildman–Crippen LogP) is 3.17. The highest BCUT2D eigenvalue weighted by molar-refractivity contribution is 14.0. The molecule has 2 aliphatic heterocycles. The summed E-state index contributed by atoms with van der Waals surface area (Å²) in [5.41, 5.74) is 2.51. The monoisotopic (exact) mass is 543 g/mol. The highest BCUT2D eigenvalue weighted by Gasteiger charge is 2.25. The van der Waals surface area contributed by atoms with Crippen molar-refractivity contribution in [2.24, 2.45) is 18.0 Å². The summed E-state index contributed by atoms with van der Waals surface area (Å²) in [5.74, 6) is 1.72. The molecule has 9 heteroatoms. The number of anilines is 1. The van der Waals surface area contributed by atoms with Crippen LogP contribution >= 0.6 is 35.3 Å². The Hall–Kier alpha value is -1.36. The van der Waals surface area contributed by atoms with Crippen LogP contribution in [0.1, 0.15) is 37.4 Å². The Bertz CT molecular complexity index is 812. The third-order valence-corrected chi connectivity index (χ3v) is 6.70. The van der Waals surface area contributed by atoms with Crippen LogP contribution in [0.2, 0.25) is 0 Å². The number of rotatable bonds is 7. The largest absolute Gasteiger partial charge is 0.357 e. The first-order valence-electron chi connectivity index (χ1n) is 10.9. The van der Waals surface area contributed by atoms with Gasteiger partial charge < -0.3 is 15.1 Å². The van der Waals surface area contributed by atoms with E-state index in [9.17, 15) is 0 Å². The lowest BCUT2D eigenvalue weighted by Gasteiger charge is -2.21. The van der Waals surface area contributed by atoms with Gasteiger partial charge in [-0.3, -0.25) is 9.67 Å². The van der Waals surface area contributed by atoms with Crippen LogP contribution in [0.5, 0.6) is 0 Å². The molecule has 0 spiro atoms. The maximum atomic E-state index is 4.91. The van der Waals surface area contributed by atoms with Crippen molar-refractivity contribution in [2.45, 2.75) is 39.0 Å². The Kier molecular flexibility index (Phi) is 8.79. The average Bonchev–Trinajstić information content (AvgIpc) is 3.50. The van der Waals surface area contributed by atoms with Crippen LogP contribution in [0, 0.1) is 5.92 Å². The molecule has 0 radical (unpaired) electrons. The van der Waals surface area contributed by atoms with Gasteiger partial charge in [0.2, 0.25) is 0 Å². The quantitative estimate of drug-likeness (QED) is 0.331. The SMILES string of the molecule is CCNC(=NCCc1csc(N2CCCC2)n1)N1CCC(Cc2cnn(C)c2)C1.I. The summed E-state index contributed by atoms with van der Waals surface area (Å²) in [6.45, 7) is 8.29. The van der Waals surface area contributed by atoms with Gasteiger partial charge in [-0.05, 0) is 44.1 Å². The van der Waals surface area contributed by atoms with E-state index < -0.39 is 0 Å². The summed E-state index contributed by atoms with van der Waals surface area (Å²) < 4.78 is 1.89. The van der Waals surface area contributed by atoms with Gasteiger partial charge in [-0.15, -0.1) is 35.3 Å². The van der Waals surface area contributed by atoms with Crippen molar-refractivity contribution in [3.63, 3.8) is 0 Å². The third kappa shape index (κ3) is 6.09. The fourth-order valence-electron chi connectivity index (χ4n) is 4.27. The molecule has 2 fully saturated rings. The van der Waals surface area contributed by atoms with Crippen LogP contribution in [0.3, 0.4) is 0 Å². The molecule has 4 rings (SSSR count).